The van der Waals surface area contributed by atoms with E-state index in [0.29, 0.717) is 23.9 Å². The minimum atomic E-state index is -0.325. The average molecular weight is 1150 g/mol. The van der Waals surface area contributed by atoms with E-state index >= 15 is 0 Å². The first kappa shape index (κ1) is 45.9. The highest BCUT2D eigenvalue weighted by atomic mass is 79.9. The molecule has 3 N–H and O–H groups in total. The van der Waals surface area contributed by atoms with Gasteiger partial charge in [0.05, 0.1) is 12.3 Å². The van der Waals surface area contributed by atoms with Crippen molar-refractivity contribution >= 4 is 113 Å². The summed E-state index contributed by atoms with van der Waals surface area (Å²) >= 11 is 20.5. The molecule has 292 valence electrons. The molecule has 1 amide bonds. The quantitative estimate of drug-likeness (QED) is 0.0713. The van der Waals surface area contributed by atoms with E-state index in [1.54, 1.807) is 12.1 Å². The molecule has 0 atom stereocenters. The number of hydrogen-bond donors (Lipinski definition) is 2. The lowest BCUT2D eigenvalue weighted by atomic mass is 10.2. The molecule has 8 nitrogen and oxygen atoms in total. The Morgan fingerprint density at radius 2 is 1.02 bits per heavy atom. The Hall–Kier alpha value is -3.76. The number of hydrogen-bond acceptors (Lipinski definition) is 6. The largest absolute Gasteiger partial charge is 0.477 e. The summed E-state index contributed by atoms with van der Waals surface area (Å²) in [5.41, 5.74) is 7.68. The minimum absolute atomic E-state index is 0. The van der Waals surface area contributed by atoms with E-state index in [2.05, 4.69) is 106 Å². The summed E-state index contributed by atoms with van der Waals surface area (Å²) in [6.07, 6.45) is 0. The molecule has 0 unspecified atom stereocenters. The van der Waals surface area contributed by atoms with E-state index in [9.17, 15) is 4.79 Å². The highest BCUT2D eigenvalue weighted by Gasteiger charge is 2.15. The van der Waals surface area contributed by atoms with E-state index in [-0.39, 0.29) is 13.3 Å². The summed E-state index contributed by atoms with van der Waals surface area (Å²) in [4.78, 5) is 21.1. The number of halogens is 6. The van der Waals surface area contributed by atoms with Crippen molar-refractivity contribution in [3.63, 3.8) is 0 Å². The van der Waals surface area contributed by atoms with Gasteiger partial charge < -0.3 is 10.2 Å². The van der Waals surface area contributed by atoms with Gasteiger partial charge in [0.25, 0.3) is 5.91 Å². The number of nitrogens with two attached hydrogens (primary N) is 1. The summed E-state index contributed by atoms with van der Waals surface area (Å²) < 4.78 is 13.4. The summed E-state index contributed by atoms with van der Waals surface area (Å²) in [5, 5.41) is 4.77. The number of benzene rings is 6. The molecular weight excluding hydrogens is 1110 g/mol. The molecule has 1 aromatic heterocycles. The number of hydrazine groups is 1. The van der Waals surface area contributed by atoms with Gasteiger partial charge in [0, 0.05) is 54.8 Å². The first-order valence-corrected chi connectivity index (χ1v) is 21.5. The van der Waals surface area contributed by atoms with Gasteiger partial charge >= 0.3 is 0 Å². The van der Waals surface area contributed by atoms with Crippen molar-refractivity contribution in [2.75, 3.05) is 12.0 Å². The van der Waals surface area contributed by atoms with Crippen LogP contribution in [0.5, 0.6) is 0 Å². The molecule has 7 aromatic rings. The van der Waals surface area contributed by atoms with Crippen LogP contribution < -0.4 is 11.3 Å². The third-order valence-electron chi connectivity index (χ3n) is 7.56. The number of ether oxygens (including phenoxy) is 1. The lowest BCUT2D eigenvalue weighted by Gasteiger charge is -2.07. The smallest absolute Gasteiger partial charge is 0.280 e. The Morgan fingerprint density at radius 3 is 1.47 bits per heavy atom. The van der Waals surface area contributed by atoms with Crippen molar-refractivity contribution in [3.8, 4) is 28.5 Å². The van der Waals surface area contributed by atoms with Gasteiger partial charge in [0.1, 0.15) is 0 Å². The molecule has 0 fully saturated rings. The number of nitrogens with zero attached hydrogens (tertiary/aromatic N) is 4. The number of rotatable bonds is 7. The molecule has 1 heterocycles. The monoisotopic (exact) mass is 1140 g/mol. The van der Waals surface area contributed by atoms with Crippen LogP contribution in [0.25, 0.3) is 28.5 Å². The summed E-state index contributed by atoms with van der Waals surface area (Å²) in [5.74, 6) is 6.64. The Kier molecular flexibility index (Phi) is 18.5. The van der Waals surface area contributed by atoms with Crippen molar-refractivity contribution in [1.29, 1.82) is 0 Å². The Bertz CT molecular complexity index is 2290. The predicted octanol–water partition coefficient (Wildman–Crippen LogP) is 14.1. The summed E-state index contributed by atoms with van der Waals surface area (Å²) in [6.45, 7) is 2.31. The minimum Gasteiger partial charge on any atom is -0.477 e. The first-order valence-electron chi connectivity index (χ1n) is 16.8. The van der Waals surface area contributed by atoms with Crippen molar-refractivity contribution in [1.82, 2.24) is 14.8 Å². The number of aliphatic imine (C=N–C) groups is 1. The van der Waals surface area contributed by atoms with Gasteiger partial charge in [-0.1, -0.05) is 127 Å². The van der Waals surface area contributed by atoms with E-state index < -0.39 is 0 Å². The number of aromatic nitrogens is 3. The van der Waals surface area contributed by atoms with Crippen LogP contribution in [0.3, 0.4) is 0 Å². The fourth-order valence-corrected chi connectivity index (χ4v) is 6.37. The van der Waals surface area contributed by atoms with Crippen LogP contribution >= 0.6 is 95.6 Å². The second-order valence-electron chi connectivity index (χ2n) is 11.5. The van der Waals surface area contributed by atoms with Crippen molar-refractivity contribution < 1.29 is 9.53 Å². The summed E-state index contributed by atoms with van der Waals surface area (Å²) in [7, 11) is 0. The van der Waals surface area contributed by atoms with Crippen LogP contribution in [-0.4, -0.2) is 33.2 Å². The van der Waals surface area contributed by atoms with Crippen molar-refractivity contribution in [2.45, 2.75) is 14.4 Å². The molecule has 7 rings (SSSR count). The van der Waals surface area contributed by atoms with Gasteiger partial charge in [0.15, 0.2) is 11.6 Å². The average Bonchev–Trinajstić information content (AvgIpc) is 3.65. The van der Waals surface area contributed by atoms with Gasteiger partial charge in [-0.05, 0) is 128 Å². The lowest BCUT2D eigenvalue weighted by Crippen LogP contribution is -2.10. The number of amides is 1. The molecule has 0 aliphatic heterocycles. The molecule has 0 saturated heterocycles. The number of anilines is 1. The maximum absolute atomic E-state index is 12.2. The first-order chi connectivity index (χ1) is 27.0. The van der Waals surface area contributed by atoms with Crippen molar-refractivity contribution in [2.24, 2.45) is 10.8 Å². The third-order valence-corrected chi connectivity index (χ3v) is 10.7. The van der Waals surface area contributed by atoms with E-state index in [1.807, 2.05) is 145 Å². The molecule has 0 aliphatic carbocycles. The van der Waals surface area contributed by atoms with Gasteiger partial charge in [-0.3, -0.25) is 10.6 Å². The SMILES string of the molecule is Brc1ccc(-c2nc(-c3ccc(Br)cc3)n(-c3ccc(Br)cc3)n2)cc1.C.CCOC(=NC(=O)c1ccc(Br)cc1)c1ccc(Br)cc1.NNc1ccc(Br)cc1. The van der Waals surface area contributed by atoms with Crippen LogP contribution in [0.2, 0.25) is 0 Å². The second kappa shape index (κ2) is 23.0. The Morgan fingerprint density at radius 1 is 0.614 bits per heavy atom. The maximum Gasteiger partial charge on any atom is 0.280 e. The molecule has 0 bridgehead atoms. The molecule has 0 aliphatic rings. The van der Waals surface area contributed by atoms with Gasteiger partial charge in [-0.25, -0.2) is 9.67 Å². The molecular formula is C43H36Br6N6O2. The zero-order valence-corrected chi connectivity index (χ0v) is 39.0. The molecule has 0 spiro atoms. The zero-order chi connectivity index (χ0) is 40.0. The Labute approximate surface area is 383 Å². The van der Waals surface area contributed by atoms with E-state index in [4.69, 9.17) is 20.7 Å². The standard InChI is InChI=1S/C20H12Br3N3.C16H13Br2NO2.C6H7BrN2.CH4/c21-15-5-1-13(2-6-15)19-24-20(14-3-7-16(22)8-4-14)26(25-19)18-11-9-17(23)10-12-18;1-2-21-16(12-5-9-14(18)10-6-12)19-15(20)11-3-7-13(17)8-4-11;7-5-1-3-6(9-8)4-2-5;/h1-12H;3-10H,2H2,1H3;1-4,9H,8H2;1H4. The van der Waals surface area contributed by atoms with Crippen molar-refractivity contribution in [3.05, 3.63) is 184 Å². The van der Waals surface area contributed by atoms with E-state index in [0.717, 1.165) is 60.7 Å². The molecule has 0 saturated carbocycles. The van der Waals surface area contributed by atoms with Crippen LogP contribution in [0.1, 0.15) is 30.3 Å². The van der Waals surface area contributed by atoms with Gasteiger partial charge in [-0.15, -0.1) is 5.10 Å². The van der Waals surface area contributed by atoms with Gasteiger partial charge in [0.2, 0.25) is 5.90 Å². The number of nitrogen functional groups attached to an aromatic ring is 1. The fraction of sp³-hybridized carbons (Fsp3) is 0.0698. The third kappa shape index (κ3) is 13.9. The van der Waals surface area contributed by atoms with Crippen LogP contribution in [0.15, 0.2) is 177 Å². The lowest BCUT2D eigenvalue weighted by molar-refractivity contribution is 0.0999. The van der Waals surface area contributed by atoms with Gasteiger partial charge in [-0.2, -0.15) is 4.99 Å². The normalized spacial score (nSPS) is 10.6. The molecule has 6 aromatic carbocycles. The number of nitrogens with one attached hydrogen (secondary N) is 1. The van der Waals surface area contributed by atoms with E-state index in [1.165, 1.54) is 0 Å². The maximum atomic E-state index is 12.2. The van der Waals surface area contributed by atoms with Crippen LogP contribution in [-0.2, 0) is 4.74 Å². The second-order valence-corrected chi connectivity index (χ2v) is 17.0. The Balaban J connectivity index is 0.000000208. The fourth-order valence-electron chi connectivity index (χ4n) is 4.79. The highest BCUT2D eigenvalue weighted by Crippen LogP contribution is 2.28. The molecule has 57 heavy (non-hydrogen) atoms. The summed E-state index contributed by atoms with van der Waals surface area (Å²) in [6, 6.07) is 46.3. The zero-order valence-electron chi connectivity index (χ0n) is 29.5. The number of carbonyl (C=O) groups excluding carboxylic acids is 1. The highest BCUT2D eigenvalue weighted by molar-refractivity contribution is 9.11. The molecule has 0 radical (unpaired) electrons. The predicted molar refractivity (Wildman–Crippen MR) is 255 cm³/mol. The number of carbonyl (C=O) groups is 1. The van der Waals surface area contributed by atoms with Crippen LogP contribution in [0.4, 0.5) is 5.69 Å². The van der Waals surface area contributed by atoms with Crippen LogP contribution in [0, 0.1) is 0 Å². The molecule has 14 heteroatoms. The topological polar surface area (TPSA) is 107 Å².